The summed E-state index contributed by atoms with van der Waals surface area (Å²) in [5.41, 5.74) is 0. The van der Waals surface area contributed by atoms with Gasteiger partial charge in [0.25, 0.3) is 0 Å². The third-order valence-electron chi connectivity index (χ3n) is 2.20. The van der Waals surface area contributed by atoms with Crippen LogP contribution >= 0.6 is 7.92 Å². The van der Waals surface area contributed by atoms with E-state index in [2.05, 4.69) is 24.1 Å². The number of benzene rings is 1. The van der Waals surface area contributed by atoms with Crippen LogP contribution < -0.4 is 10.6 Å². The highest BCUT2D eigenvalue weighted by Crippen LogP contribution is 2.27. The van der Waals surface area contributed by atoms with Gasteiger partial charge in [0.1, 0.15) is 6.04 Å². The number of aliphatic carboxylic acids is 1. The number of carboxylic acid groups (broad SMARTS) is 1. The molecule has 2 atom stereocenters. The number of rotatable bonds is 5. The third-order valence-corrected chi connectivity index (χ3v) is 4.04. The van der Waals surface area contributed by atoms with Crippen molar-refractivity contribution < 1.29 is 9.90 Å². The van der Waals surface area contributed by atoms with Crippen LogP contribution in [0.15, 0.2) is 30.3 Å². The van der Waals surface area contributed by atoms with Gasteiger partial charge in [0.05, 0.1) is 0 Å². The van der Waals surface area contributed by atoms with Crippen LogP contribution in [0.2, 0.25) is 0 Å². The first-order chi connectivity index (χ1) is 7.11. The smallest absolute Gasteiger partial charge is 0.320 e. The fraction of sp³-hybridized carbons (Fsp3) is 0.364. The molecule has 0 aliphatic rings. The highest BCUT2D eigenvalue weighted by Gasteiger charge is 2.11. The number of carboxylic acids is 1. The first-order valence-electron chi connectivity index (χ1n) is 4.83. The van der Waals surface area contributed by atoms with Gasteiger partial charge in [-0.1, -0.05) is 38.3 Å². The summed E-state index contributed by atoms with van der Waals surface area (Å²) in [6.07, 6.45) is 0.743. The number of nitrogens with one attached hydrogen (secondary N) is 1. The summed E-state index contributed by atoms with van der Waals surface area (Å²) in [7, 11) is -0.307. The Morgan fingerprint density at radius 2 is 2.07 bits per heavy atom. The van der Waals surface area contributed by atoms with Gasteiger partial charge in [0, 0.05) is 6.29 Å². The van der Waals surface area contributed by atoms with Crippen LogP contribution in [0.25, 0.3) is 0 Å². The van der Waals surface area contributed by atoms with E-state index in [0.29, 0.717) is 0 Å². The molecule has 0 heterocycles. The Bertz CT molecular complexity index is 316. The van der Waals surface area contributed by atoms with Crippen molar-refractivity contribution >= 4 is 19.2 Å². The second-order valence-corrected chi connectivity index (χ2v) is 5.68. The lowest BCUT2D eigenvalue weighted by molar-refractivity contribution is -0.138. The molecule has 1 aromatic carbocycles. The lowest BCUT2D eigenvalue weighted by Crippen LogP contribution is -2.34. The predicted octanol–water partition coefficient (Wildman–Crippen LogP) is 1.44. The molecule has 0 saturated carbocycles. The van der Waals surface area contributed by atoms with Gasteiger partial charge in [-0.3, -0.25) is 4.79 Å². The molecule has 0 aliphatic heterocycles. The molecule has 0 aliphatic carbocycles. The lowest BCUT2D eigenvalue weighted by Gasteiger charge is -2.15. The molecule has 0 spiro atoms. The van der Waals surface area contributed by atoms with E-state index >= 15 is 0 Å². The minimum absolute atomic E-state index is 0.307. The van der Waals surface area contributed by atoms with Gasteiger partial charge in [-0.2, -0.15) is 0 Å². The Morgan fingerprint density at radius 3 is 2.60 bits per heavy atom. The second kappa shape index (κ2) is 5.84. The Kier molecular flexibility index (Phi) is 4.73. The Morgan fingerprint density at radius 1 is 1.47 bits per heavy atom. The van der Waals surface area contributed by atoms with Crippen molar-refractivity contribution in [2.45, 2.75) is 13.0 Å². The molecule has 0 amide bonds. The van der Waals surface area contributed by atoms with Crippen LogP contribution in [0.5, 0.6) is 0 Å². The van der Waals surface area contributed by atoms with Gasteiger partial charge < -0.3 is 10.4 Å². The monoisotopic (exact) mass is 225 g/mol. The van der Waals surface area contributed by atoms with E-state index in [1.54, 1.807) is 6.92 Å². The summed E-state index contributed by atoms with van der Waals surface area (Å²) in [5, 5.41) is 13.0. The van der Waals surface area contributed by atoms with Crippen molar-refractivity contribution in [2.24, 2.45) is 0 Å². The average Bonchev–Trinajstić information content (AvgIpc) is 2.26. The van der Waals surface area contributed by atoms with Gasteiger partial charge in [0.15, 0.2) is 0 Å². The highest BCUT2D eigenvalue weighted by molar-refractivity contribution is 7.64. The number of hydrogen-bond donors (Lipinski definition) is 2. The number of hydrogen-bond acceptors (Lipinski definition) is 2. The average molecular weight is 225 g/mol. The van der Waals surface area contributed by atoms with Gasteiger partial charge in [-0.05, 0) is 18.9 Å². The van der Waals surface area contributed by atoms with Crippen molar-refractivity contribution in [1.29, 1.82) is 0 Å². The van der Waals surface area contributed by atoms with Crippen molar-refractivity contribution in [1.82, 2.24) is 5.32 Å². The summed E-state index contributed by atoms with van der Waals surface area (Å²) < 4.78 is 0. The normalized spacial score (nSPS) is 14.5. The van der Waals surface area contributed by atoms with E-state index < -0.39 is 12.0 Å². The zero-order chi connectivity index (χ0) is 11.3. The zero-order valence-corrected chi connectivity index (χ0v) is 9.87. The molecule has 0 bridgehead atoms. The van der Waals surface area contributed by atoms with Gasteiger partial charge in [0.2, 0.25) is 0 Å². The first-order valence-corrected chi connectivity index (χ1v) is 6.81. The third kappa shape index (κ3) is 3.98. The second-order valence-electron chi connectivity index (χ2n) is 3.46. The maximum atomic E-state index is 10.6. The van der Waals surface area contributed by atoms with E-state index in [0.717, 1.165) is 6.29 Å². The molecular weight excluding hydrogens is 209 g/mol. The molecule has 0 saturated heterocycles. The predicted molar refractivity (Wildman–Crippen MR) is 64.0 cm³/mol. The molecule has 2 N–H and O–H groups in total. The maximum absolute atomic E-state index is 10.6. The van der Waals surface area contributed by atoms with E-state index in [-0.39, 0.29) is 7.92 Å². The Hall–Kier alpha value is -0.920. The molecule has 1 rings (SSSR count). The van der Waals surface area contributed by atoms with E-state index in [9.17, 15) is 4.79 Å². The fourth-order valence-corrected chi connectivity index (χ4v) is 2.55. The summed E-state index contributed by atoms with van der Waals surface area (Å²) in [4.78, 5) is 10.6. The molecule has 4 heteroatoms. The molecule has 15 heavy (non-hydrogen) atoms. The van der Waals surface area contributed by atoms with Crippen LogP contribution in [0.3, 0.4) is 0 Å². The van der Waals surface area contributed by atoms with E-state index in [1.807, 2.05) is 18.2 Å². The van der Waals surface area contributed by atoms with Crippen LogP contribution in [0, 0.1) is 0 Å². The van der Waals surface area contributed by atoms with Crippen LogP contribution in [0.4, 0.5) is 0 Å². The Balaban J connectivity index is 2.43. The highest BCUT2D eigenvalue weighted by atomic mass is 31.1. The number of carbonyl (C=O) groups is 1. The van der Waals surface area contributed by atoms with Crippen LogP contribution in [0.1, 0.15) is 6.92 Å². The molecule has 0 aromatic heterocycles. The van der Waals surface area contributed by atoms with Gasteiger partial charge in [-0.25, -0.2) is 0 Å². The standard InChI is InChI=1S/C11H16NO2P/c1-9(11(13)14)12-8-15(2)10-6-4-3-5-7-10/h3-7,9,12H,8H2,1-2H3,(H,13,14). The lowest BCUT2D eigenvalue weighted by atomic mass is 10.4. The van der Waals surface area contributed by atoms with Crippen molar-refractivity contribution in [2.75, 3.05) is 13.0 Å². The van der Waals surface area contributed by atoms with E-state index in [1.165, 1.54) is 5.30 Å². The molecule has 0 radical (unpaired) electrons. The molecule has 3 nitrogen and oxygen atoms in total. The van der Waals surface area contributed by atoms with Crippen LogP contribution in [-0.4, -0.2) is 30.1 Å². The van der Waals surface area contributed by atoms with Crippen molar-refractivity contribution in [3.8, 4) is 0 Å². The molecule has 82 valence electrons. The molecular formula is C11H16NO2P. The van der Waals surface area contributed by atoms with Crippen molar-refractivity contribution in [3.05, 3.63) is 30.3 Å². The SMILES string of the molecule is CC(NCP(C)c1ccccc1)C(=O)O. The van der Waals surface area contributed by atoms with Gasteiger partial charge in [-0.15, -0.1) is 0 Å². The van der Waals surface area contributed by atoms with Crippen LogP contribution in [-0.2, 0) is 4.79 Å². The topological polar surface area (TPSA) is 49.3 Å². The molecule has 2 unspecified atom stereocenters. The van der Waals surface area contributed by atoms with Crippen molar-refractivity contribution in [3.63, 3.8) is 0 Å². The summed E-state index contributed by atoms with van der Waals surface area (Å²) in [6, 6.07) is 9.69. The molecule has 1 aromatic rings. The molecule has 0 fully saturated rings. The van der Waals surface area contributed by atoms with Gasteiger partial charge >= 0.3 is 5.97 Å². The summed E-state index contributed by atoms with van der Waals surface area (Å²) in [6.45, 7) is 3.81. The first kappa shape index (κ1) is 12.2. The maximum Gasteiger partial charge on any atom is 0.320 e. The quantitative estimate of drug-likeness (QED) is 0.745. The summed E-state index contributed by atoms with van der Waals surface area (Å²) in [5.74, 6) is -0.800. The van der Waals surface area contributed by atoms with E-state index in [4.69, 9.17) is 5.11 Å². The minimum Gasteiger partial charge on any atom is -0.480 e. The Labute approximate surface area is 91.3 Å². The summed E-state index contributed by atoms with van der Waals surface area (Å²) >= 11 is 0. The minimum atomic E-state index is -0.800. The zero-order valence-electron chi connectivity index (χ0n) is 8.97. The fourth-order valence-electron chi connectivity index (χ4n) is 1.13. The largest absolute Gasteiger partial charge is 0.480 e.